The third-order valence-electron chi connectivity index (χ3n) is 5.66. The lowest BCUT2D eigenvalue weighted by atomic mass is 10.0. The molecule has 218 valence electrons. The van der Waals surface area contributed by atoms with Gasteiger partial charge in [-0.15, -0.1) is 34.9 Å². The zero-order valence-electron chi connectivity index (χ0n) is 20.9. The third kappa shape index (κ3) is 5.94. The Hall–Kier alpha value is -3.88. The molecular formula is C21H20N6O10S4. The summed E-state index contributed by atoms with van der Waals surface area (Å²) in [6.45, 7) is 2.42. The minimum absolute atomic E-state index is 0.00497. The molecule has 41 heavy (non-hydrogen) atoms. The fourth-order valence-electron chi connectivity index (χ4n) is 3.53. The molecule has 16 nitrogen and oxygen atoms in total. The van der Waals surface area contributed by atoms with Gasteiger partial charge in [0.05, 0.1) is 4.21 Å². The van der Waals surface area contributed by atoms with Crippen molar-refractivity contribution in [2.45, 2.75) is 35.1 Å². The van der Waals surface area contributed by atoms with Crippen LogP contribution in [-0.2, 0) is 24.0 Å². The number of hydrogen-bond acceptors (Lipinski definition) is 14. The minimum atomic E-state index is -1.80. The Morgan fingerprint density at radius 3 is 2.56 bits per heavy atom. The molecular weight excluding hydrogens is 625 g/mol. The van der Waals surface area contributed by atoms with Gasteiger partial charge in [-0.05, 0) is 19.4 Å². The Kier molecular flexibility index (Phi) is 8.47. The number of hydrogen-bond donors (Lipinski definition) is 6. The number of H-pyrrole nitrogens is 1. The molecule has 4 rings (SSSR count). The highest BCUT2D eigenvalue weighted by atomic mass is 32.2. The molecule has 2 atom stereocenters. The van der Waals surface area contributed by atoms with E-state index in [0.29, 0.717) is 5.57 Å². The van der Waals surface area contributed by atoms with E-state index in [0.717, 1.165) is 39.5 Å². The minimum Gasteiger partial charge on any atom is -0.478 e. The fourth-order valence-corrected chi connectivity index (χ4v) is 7.53. The number of aliphatic carboxylic acids is 2. The second kappa shape index (κ2) is 11.5. The Morgan fingerprint density at radius 1 is 1.27 bits per heavy atom. The molecule has 1 saturated heterocycles. The van der Waals surface area contributed by atoms with E-state index in [1.54, 1.807) is 0 Å². The van der Waals surface area contributed by atoms with Gasteiger partial charge >= 0.3 is 17.9 Å². The van der Waals surface area contributed by atoms with Gasteiger partial charge in [0.25, 0.3) is 17.4 Å². The zero-order chi connectivity index (χ0) is 30.2. The van der Waals surface area contributed by atoms with Gasteiger partial charge in [-0.2, -0.15) is 0 Å². The van der Waals surface area contributed by atoms with E-state index in [9.17, 15) is 44.1 Å². The van der Waals surface area contributed by atoms with Gasteiger partial charge in [0, 0.05) is 16.9 Å². The Labute approximate surface area is 245 Å². The number of carboxylic acids is 3. The largest absolute Gasteiger partial charge is 0.478 e. The zero-order valence-corrected chi connectivity index (χ0v) is 24.2. The van der Waals surface area contributed by atoms with Gasteiger partial charge in [0.1, 0.15) is 22.8 Å². The number of amides is 2. The molecule has 2 aromatic heterocycles. The van der Waals surface area contributed by atoms with Crippen LogP contribution in [0.25, 0.3) is 0 Å². The van der Waals surface area contributed by atoms with Crippen LogP contribution in [0, 0.1) is 0 Å². The van der Waals surface area contributed by atoms with E-state index >= 15 is 0 Å². The van der Waals surface area contributed by atoms with E-state index in [2.05, 4.69) is 19.8 Å². The first-order chi connectivity index (χ1) is 19.2. The average Bonchev–Trinajstić information content (AvgIpc) is 3.50. The van der Waals surface area contributed by atoms with Crippen molar-refractivity contribution in [1.29, 1.82) is 0 Å². The molecule has 2 aromatic rings. The maximum absolute atomic E-state index is 13.2. The number of nitrogen functional groups attached to an aromatic ring is 1. The van der Waals surface area contributed by atoms with E-state index in [4.69, 9.17) is 10.6 Å². The first-order valence-corrected chi connectivity index (χ1v) is 14.9. The number of nitrogens with two attached hydrogens (primary N) is 1. The van der Waals surface area contributed by atoms with Crippen LogP contribution < -0.4 is 16.6 Å². The van der Waals surface area contributed by atoms with Gasteiger partial charge in [-0.1, -0.05) is 16.7 Å². The number of aromatic nitrogens is 2. The number of oxime groups is 1. The van der Waals surface area contributed by atoms with Crippen molar-refractivity contribution in [2.75, 3.05) is 17.2 Å². The predicted molar refractivity (Wildman–Crippen MR) is 148 cm³/mol. The van der Waals surface area contributed by atoms with Crippen LogP contribution in [0.5, 0.6) is 0 Å². The van der Waals surface area contributed by atoms with Crippen molar-refractivity contribution in [2.24, 2.45) is 5.16 Å². The van der Waals surface area contributed by atoms with E-state index < -0.39 is 63.6 Å². The third-order valence-corrected chi connectivity index (χ3v) is 9.91. The summed E-state index contributed by atoms with van der Waals surface area (Å²) >= 11 is 3.92. The summed E-state index contributed by atoms with van der Waals surface area (Å²) in [5.41, 5.74) is 2.19. The van der Waals surface area contributed by atoms with Crippen LogP contribution in [-0.4, -0.2) is 93.5 Å². The normalized spacial score (nSPS) is 18.9. The molecule has 7 N–H and O–H groups in total. The number of thioether (sulfide) groups is 2. The Morgan fingerprint density at radius 2 is 1.98 bits per heavy atom. The Balaban J connectivity index is 1.53. The summed E-state index contributed by atoms with van der Waals surface area (Å²) in [5, 5.41) is 35.3. The van der Waals surface area contributed by atoms with Crippen molar-refractivity contribution in [3.8, 4) is 0 Å². The molecule has 4 heterocycles. The van der Waals surface area contributed by atoms with Crippen molar-refractivity contribution < 1.29 is 44.1 Å². The summed E-state index contributed by atoms with van der Waals surface area (Å²) < 4.78 is 2.49. The first kappa shape index (κ1) is 30.1. The number of rotatable bonds is 11. The highest BCUT2D eigenvalue weighted by molar-refractivity contribution is 8.02. The van der Waals surface area contributed by atoms with Crippen LogP contribution in [0.1, 0.15) is 29.9 Å². The van der Waals surface area contributed by atoms with Gasteiger partial charge < -0.3 is 31.2 Å². The molecule has 0 saturated carbocycles. The standard InChI is InChI=1S/C21H20N6O10S4/c1-21(2,19(35)36)37-25-9(7-5-40-20(22)23-7)13(29)24-10-14(30)27-11(17(33)34)6(3-38-15(10)27)4-39-18-8(16(31)32)12(28)26-41-18/h5,10,15H,3-4H2,1-2H3,(H2,22,23)(H,24,29)(H,26,28)(H,31,32)(H,33,34)(H,35,36)/b25-9-/t10-,15-/m1/s1. The lowest BCUT2D eigenvalue weighted by Gasteiger charge is -2.49. The van der Waals surface area contributed by atoms with Crippen molar-refractivity contribution in [1.82, 2.24) is 19.6 Å². The second-order valence-corrected chi connectivity index (χ2v) is 12.9. The number of β-lactam (4-membered cyclic amide) rings is 1. The summed E-state index contributed by atoms with van der Waals surface area (Å²) in [5.74, 6) is -5.69. The summed E-state index contributed by atoms with van der Waals surface area (Å²) in [6.07, 6.45) is 0. The number of aromatic amines is 1. The molecule has 0 aliphatic carbocycles. The van der Waals surface area contributed by atoms with Crippen molar-refractivity contribution in [3.63, 3.8) is 0 Å². The maximum atomic E-state index is 13.2. The van der Waals surface area contributed by atoms with E-state index in [1.165, 1.54) is 31.0 Å². The number of carbonyl (C=O) groups is 5. The number of thiazole rings is 1. The van der Waals surface area contributed by atoms with E-state index in [-0.39, 0.29) is 32.2 Å². The number of anilines is 1. The maximum Gasteiger partial charge on any atom is 0.352 e. The molecule has 1 fully saturated rings. The average molecular weight is 645 g/mol. The number of aromatic carboxylic acids is 1. The number of carbonyl (C=O) groups excluding carboxylic acids is 2. The molecule has 20 heteroatoms. The van der Waals surface area contributed by atoms with Crippen LogP contribution in [0.2, 0.25) is 0 Å². The molecule has 2 aliphatic heterocycles. The van der Waals surface area contributed by atoms with E-state index in [1.807, 2.05) is 0 Å². The highest BCUT2D eigenvalue weighted by Gasteiger charge is 2.54. The first-order valence-electron chi connectivity index (χ1n) is 11.2. The molecule has 0 radical (unpaired) electrons. The molecule has 0 spiro atoms. The summed E-state index contributed by atoms with van der Waals surface area (Å²) in [7, 11) is 0. The topological polar surface area (TPSA) is 255 Å². The number of nitrogens with one attached hydrogen (secondary N) is 2. The van der Waals surface area contributed by atoms with Crippen LogP contribution in [0.3, 0.4) is 0 Å². The van der Waals surface area contributed by atoms with Crippen LogP contribution >= 0.6 is 46.4 Å². The van der Waals surface area contributed by atoms with Gasteiger partial charge in [-0.25, -0.2) is 19.4 Å². The number of fused-ring (bicyclic) bond motifs is 1. The monoisotopic (exact) mass is 644 g/mol. The molecule has 2 amide bonds. The number of carboxylic acid groups (broad SMARTS) is 3. The summed E-state index contributed by atoms with van der Waals surface area (Å²) in [4.78, 5) is 82.9. The molecule has 0 aromatic carbocycles. The smallest absolute Gasteiger partial charge is 0.352 e. The molecule has 2 aliphatic rings. The van der Waals surface area contributed by atoms with Gasteiger partial charge in [0.15, 0.2) is 16.4 Å². The Bertz CT molecular complexity index is 1570. The fraction of sp³-hybridized carbons (Fsp3) is 0.333. The number of nitrogens with zero attached hydrogens (tertiary/aromatic N) is 3. The van der Waals surface area contributed by atoms with Gasteiger partial charge in [-0.3, -0.25) is 23.7 Å². The summed E-state index contributed by atoms with van der Waals surface area (Å²) in [6, 6.07) is -1.15. The lowest BCUT2D eigenvalue weighted by Crippen LogP contribution is -2.71. The lowest BCUT2D eigenvalue weighted by molar-refractivity contribution is -0.161. The van der Waals surface area contributed by atoms with Crippen LogP contribution in [0.15, 0.2) is 30.8 Å². The van der Waals surface area contributed by atoms with Crippen molar-refractivity contribution >= 4 is 87.0 Å². The van der Waals surface area contributed by atoms with Crippen LogP contribution in [0.4, 0.5) is 5.13 Å². The second-order valence-electron chi connectivity index (χ2n) is 8.83. The van der Waals surface area contributed by atoms with Crippen molar-refractivity contribution in [3.05, 3.63) is 38.3 Å². The predicted octanol–water partition coefficient (Wildman–Crippen LogP) is 0.288. The highest BCUT2D eigenvalue weighted by Crippen LogP contribution is 2.42. The molecule has 0 unspecified atom stereocenters. The molecule has 0 bridgehead atoms. The SMILES string of the molecule is CC(C)(O/N=C(\C(=O)N[C@@H]1C(=O)N2C(C(=O)O)=C(CSc3s[nH]c(=O)c3C(=O)O)CS[C@H]12)c1csc(N)n1)C(=O)O. The quantitative estimate of drug-likeness (QED) is 0.0832. The van der Waals surface area contributed by atoms with Gasteiger partial charge in [0.2, 0.25) is 5.60 Å².